The molecule has 1 saturated carbocycles. The zero-order chi connectivity index (χ0) is 21.7. The van der Waals surface area contributed by atoms with Gasteiger partial charge in [0.05, 0.1) is 35.3 Å². The molecular formula is C22H34N6O2. The third-order valence-corrected chi connectivity index (χ3v) is 5.31. The largest absolute Gasteiger partial charge is 0.489 e. The van der Waals surface area contributed by atoms with Crippen molar-refractivity contribution in [3.63, 3.8) is 0 Å². The minimum absolute atomic E-state index is 0.280. The second-order valence-corrected chi connectivity index (χ2v) is 8.51. The number of rotatable bonds is 8. The van der Waals surface area contributed by atoms with Gasteiger partial charge in [0.25, 0.3) is 0 Å². The number of nitrogens with two attached hydrogens (primary N) is 2. The lowest BCUT2D eigenvalue weighted by Crippen LogP contribution is -2.29. The summed E-state index contributed by atoms with van der Waals surface area (Å²) in [6.45, 7) is 6.16. The lowest BCUT2D eigenvalue weighted by Gasteiger charge is -2.24. The van der Waals surface area contributed by atoms with Crippen molar-refractivity contribution >= 4 is 5.70 Å². The summed E-state index contributed by atoms with van der Waals surface area (Å²) in [5.41, 5.74) is 9.09. The van der Waals surface area contributed by atoms with Crippen molar-refractivity contribution < 1.29 is 9.26 Å². The van der Waals surface area contributed by atoms with Crippen molar-refractivity contribution in [2.24, 2.45) is 17.5 Å². The highest BCUT2D eigenvalue weighted by atomic mass is 16.5. The van der Waals surface area contributed by atoms with Gasteiger partial charge >= 0.3 is 0 Å². The summed E-state index contributed by atoms with van der Waals surface area (Å²) in [5, 5.41) is 5.55. The number of nitrogens with zero attached hydrogens (tertiary/aromatic N) is 4. The SMILES string of the molecule is Cc1nc(/C(N)=C(\Cc2noc(CC(C)C)n2)N(C)N)ccc1OC1CCCCC1. The highest BCUT2D eigenvalue weighted by Gasteiger charge is 2.19. The van der Waals surface area contributed by atoms with Crippen molar-refractivity contribution in [1.29, 1.82) is 0 Å². The Morgan fingerprint density at radius 3 is 2.60 bits per heavy atom. The van der Waals surface area contributed by atoms with E-state index < -0.39 is 0 Å². The first kappa shape index (κ1) is 22.1. The number of likely N-dealkylation sites (N-methyl/N-ethyl adjacent to an activating group) is 1. The van der Waals surface area contributed by atoms with Crippen molar-refractivity contribution in [2.75, 3.05) is 7.05 Å². The van der Waals surface area contributed by atoms with Gasteiger partial charge in [-0.25, -0.2) is 10.8 Å². The maximum Gasteiger partial charge on any atom is 0.226 e. The smallest absolute Gasteiger partial charge is 0.226 e. The Bertz CT molecular complexity index is 868. The highest BCUT2D eigenvalue weighted by Crippen LogP contribution is 2.26. The molecule has 0 amide bonds. The molecule has 1 aliphatic rings. The van der Waals surface area contributed by atoms with Crippen LogP contribution in [0.3, 0.4) is 0 Å². The van der Waals surface area contributed by atoms with E-state index in [0.717, 1.165) is 30.7 Å². The molecule has 2 aromatic rings. The standard InChI is InChI=1S/C22H34N6O2/c1-14(2)12-21-26-20(27-30-21)13-18(28(4)24)22(23)17-10-11-19(15(3)25-17)29-16-8-6-5-7-9-16/h10-11,14,16H,5-9,12-13,23-24H2,1-4H3/b22-18-. The van der Waals surface area contributed by atoms with E-state index in [1.54, 1.807) is 7.05 Å². The molecule has 2 heterocycles. The molecule has 0 radical (unpaired) electrons. The van der Waals surface area contributed by atoms with Gasteiger partial charge in [0.15, 0.2) is 5.82 Å². The fourth-order valence-corrected chi connectivity index (χ4v) is 3.69. The van der Waals surface area contributed by atoms with Crippen LogP contribution in [-0.2, 0) is 12.8 Å². The normalized spacial score (nSPS) is 15.9. The van der Waals surface area contributed by atoms with Gasteiger partial charge in [0, 0.05) is 13.5 Å². The van der Waals surface area contributed by atoms with Crippen molar-refractivity contribution in [2.45, 2.75) is 71.8 Å². The van der Waals surface area contributed by atoms with E-state index in [2.05, 4.69) is 29.0 Å². The number of hydrogen-bond donors (Lipinski definition) is 2. The quantitative estimate of drug-likeness (QED) is 0.499. The summed E-state index contributed by atoms with van der Waals surface area (Å²) < 4.78 is 11.5. The van der Waals surface area contributed by atoms with Crippen molar-refractivity contribution in [3.8, 4) is 5.75 Å². The molecule has 3 rings (SSSR count). The molecular weight excluding hydrogens is 380 g/mol. The predicted molar refractivity (Wildman–Crippen MR) is 116 cm³/mol. The molecule has 0 saturated heterocycles. The molecule has 0 spiro atoms. The van der Waals surface area contributed by atoms with Gasteiger partial charge < -0.3 is 20.0 Å². The van der Waals surface area contributed by atoms with Crippen LogP contribution in [0.15, 0.2) is 22.4 Å². The Morgan fingerprint density at radius 1 is 1.23 bits per heavy atom. The molecule has 0 aromatic carbocycles. The number of aromatic nitrogens is 3. The van der Waals surface area contributed by atoms with Gasteiger partial charge in [-0.3, -0.25) is 0 Å². The first-order valence-electron chi connectivity index (χ1n) is 10.8. The summed E-state index contributed by atoms with van der Waals surface area (Å²) in [6, 6.07) is 3.83. The lowest BCUT2D eigenvalue weighted by molar-refractivity contribution is 0.153. The molecule has 8 heteroatoms. The number of hydrazine groups is 1. The molecule has 4 N–H and O–H groups in total. The molecule has 0 atom stereocenters. The molecule has 0 aliphatic heterocycles. The molecule has 0 unspecified atom stereocenters. The second kappa shape index (κ2) is 9.93. The van der Waals surface area contributed by atoms with Gasteiger partial charge in [-0.2, -0.15) is 4.98 Å². The average Bonchev–Trinajstić information content (AvgIpc) is 3.14. The maximum absolute atomic E-state index is 6.45. The number of aryl methyl sites for hydroxylation is 1. The summed E-state index contributed by atoms with van der Waals surface area (Å²) in [5.74, 6) is 8.49. The zero-order valence-corrected chi connectivity index (χ0v) is 18.5. The van der Waals surface area contributed by atoms with E-state index in [-0.39, 0.29) is 6.10 Å². The molecule has 1 aliphatic carbocycles. The third kappa shape index (κ3) is 5.72. The average molecular weight is 415 g/mol. The first-order valence-corrected chi connectivity index (χ1v) is 10.8. The zero-order valence-electron chi connectivity index (χ0n) is 18.5. The Hall–Kier alpha value is -2.61. The molecule has 8 nitrogen and oxygen atoms in total. The van der Waals surface area contributed by atoms with Gasteiger partial charge in [-0.1, -0.05) is 25.4 Å². The van der Waals surface area contributed by atoms with Crippen molar-refractivity contribution in [3.05, 3.63) is 40.9 Å². The summed E-state index contributed by atoms with van der Waals surface area (Å²) in [6.07, 6.45) is 7.35. The van der Waals surface area contributed by atoms with Crippen LogP contribution >= 0.6 is 0 Å². The predicted octanol–water partition coefficient (Wildman–Crippen LogP) is 3.36. The van der Waals surface area contributed by atoms with E-state index in [1.165, 1.54) is 24.3 Å². The number of pyridine rings is 1. The molecule has 2 aromatic heterocycles. The summed E-state index contributed by atoms with van der Waals surface area (Å²) in [4.78, 5) is 9.13. The van der Waals surface area contributed by atoms with Crippen LogP contribution < -0.4 is 16.3 Å². The minimum atomic E-state index is 0.280. The van der Waals surface area contributed by atoms with E-state index in [4.69, 9.17) is 20.8 Å². The minimum Gasteiger partial charge on any atom is -0.489 e. The van der Waals surface area contributed by atoms with Crippen LogP contribution in [0, 0.1) is 12.8 Å². The van der Waals surface area contributed by atoms with E-state index >= 15 is 0 Å². The topological polar surface area (TPSA) is 116 Å². The lowest BCUT2D eigenvalue weighted by atomic mass is 9.98. The summed E-state index contributed by atoms with van der Waals surface area (Å²) >= 11 is 0. The third-order valence-electron chi connectivity index (χ3n) is 5.31. The number of ether oxygens (including phenoxy) is 1. The fraction of sp³-hybridized carbons (Fsp3) is 0.591. The maximum atomic E-state index is 6.45. The van der Waals surface area contributed by atoms with Crippen LogP contribution in [0.4, 0.5) is 0 Å². The number of allylic oxidation sites excluding steroid dienone is 1. The molecule has 0 bridgehead atoms. The van der Waals surface area contributed by atoms with Crippen LogP contribution in [0.2, 0.25) is 0 Å². The molecule has 1 fully saturated rings. The van der Waals surface area contributed by atoms with E-state index in [0.29, 0.717) is 41.1 Å². The fourth-order valence-electron chi connectivity index (χ4n) is 3.69. The van der Waals surface area contributed by atoms with E-state index in [1.807, 2.05) is 19.1 Å². The Kier molecular flexibility index (Phi) is 7.31. The van der Waals surface area contributed by atoms with Gasteiger partial charge in [-0.15, -0.1) is 0 Å². The summed E-state index contributed by atoms with van der Waals surface area (Å²) in [7, 11) is 1.74. The van der Waals surface area contributed by atoms with Gasteiger partial charge in [0.1, 0.15) is 5.75 Å². The van der Waals surface area contributed by atoms with Crippen LogP contribution in [-0.4, -0.2) is 33.3 Å². The molecule has 30 heavy (non-hydrogen) atoms. The Morgan fingerprint density at radius 2 is 1.97 bits per heavy atom. The van der Waals surface area contributed by atoms with Crippen LogP contribution in [0.5, 0.6) is 5.75 Å². The first-order chi connectivity index (χ1) is 14.3. The van der Waals surface area contributed by atoms with Crippen molar-refractivity contribution in [1.82, 2.24) is 20.1 Å². The monoisotopic (exact) mass is 414 g/mol. The van der Waals surface area contributed by atoms with Gasteiger partial charge in [-0.05, 0) is 50.7 Å². The second-order valence-electron chi connectivity index (χ2n) is 8.51. The Labute approximate surface area is 178 Å². The van der Waals surface area contributed by atoms with Gasteiger partial charge in [0.2, 0.25) is 5.89 Å². The van der Waals surface area contributed by atoms with E-state index in [9.17, 15) is 0 Å². The van der Waals surface area contributed by atoms with Crippen LogP contribution in [0.1, 0.15) is 69.1 Å². The number of hydrogen-bond acceptors (Lipinski definition) is 8. The highest BCUT2D eigenvalue weighted by molar-refractivity contribution is 5.63. The van der Waals surface area contributed by atoms with Crippen LogP contribution in [0.25, 0.3) is 5.70 Å². The Balaban J connectivity index is 1.78. The molecule has 164 valence electrons.